The van der Waals surface area contributed by atoms with Crippen LogP contribution in [0.1, 0.15) is 7.43 Å². The molecular formula is C19H23NY-2. The molecule has 0 fully saturated rings. The summed E-state index contributed by atoms with van der Waals surface area (Å²) in [6, 6.07) is 27.3. The van der Waals surface area contributed by atoms with Crippen molar-refractivity contribution in [3.63, 3.8) is 0 Å². The van der Waals surface area contributed by atoms with E-state index in [4.69, 9.17) is 0 Å². The largest absolute Gasteiger partial charge is 0.409 e. The number of anilines is 1. The van der Waals surface area contributed by atoms with Crippen molar-refractivity contribution in [2.45, 2.75) is 7.43 Å². The smallest absolute Gasteiger partial charge is 0.00123 e. The van der Waals surface area contributed by atoms with Crippen molar-refractivity contribution in [2.75, 3.05) is 12.4 Å². The summed E-state index contributed by atoms with van der Waals surface area (Å²) in [4.78, 5) is 0. The van der Waals surface area contributed by atoms with Gasteiger partial charge >= 0.3 is 0 Å². The fraction of sp³-hybridized carbons (Fsp3) is 0.105. The zero-order valence-electron chi connectivity index (χ0n) is 12.0. The Balaban J connectivity index is 0. The molecule has 1 radical (unpaired) electrons. The van der Waals surface area contributed by atoms with Gasteiger partial charge in [0.25, 0.3) is 0 Å². The Hall–Kier alpha value is -1.18. The molecule has 0 aliphatic carbocycles. The summed E-state index contributed by atoms with van der Waals surface area (Å²) in [5, 5.41) is 5.63. The normalized spacial score (nSPS) is 8.05. The van der Waals surface area contributed by atoms with Crippen LogP contribution in [0.25, 0.3) is 10.8 Å². The van der Waals surface area contributed by atoms with E-state index in [0.29, 0.717) is 0 Å². The first kappa shape index (κ1) is 22.1. The van der Waals surface area contributed by atoms with Crippen molar-refractivity contribution in [1.82, 2.24) is 0 Å². The summed E-state index contributed by atoms with van der Waals surface area (Å²) in [6.45, 7) is 0. The average molecular weight is 354 g/mol. The molecule has 109 valence electrons. The Kier molecular flexibility index (Phi) is 13.2. The molecule has 0 aliphatic heterocycles. The number of hydrogen-bond acceptors (Lipinski definition) is 1. The summed E-state index contributed by atoms with van der Waals surface area (Å²) >= 11 is 0. The first-order valence-corrected chi connectivity index (χ1v) is 5.98. The molecule has 3 aromatic carbocycles. The molecule has 3 rings (SSSR count). The quantitative estimate of drug-likeness (QED) is 0.573. The Bertz CT molecular complexity index is 528. The van der Waals surface area contributed by atoms with Crippen molar-refractivity contribution in [1.29, 1.82) is 0 Å². The zero-order valence-corrected chi connectivity index (χ0v) is 14.8. The molecule has 21 heavy (non-hydrogen) atoms. The summed E-state index contributed by atoms with van der Waals surface area (Å²) in [7, 11) is 1.90. The molecule has 0 spiro atoms. The van der Waals surface area contributed by atoms with E-state index < -0.39 is 0 Å². The van der Waals surface area contributed by atoms with Crippen LogP contribution in [-0.2, 0) is 32.7 Å². The van der Waals surface area contributed by atoms with Crippen LogP contribution >= 0.6 is 0 Å². The van der Waals surface area contributed by atoms with Crippen LogP contribution in [-0.4, -0.2) is 7.05 Å². The van der Waals surface area contributed by atoms with E-state index in [1.807, 2.05) is 31.3 Å². The Labute approximate surface area is 154 Å². The standard InChI is InChI=1S/C10H8.C7H8N.CH4.CH3.Y/c1-2-6-10-8-4-3-7-9(10)5-1;1-8-7-5-3-2-4-6-7;;;/h1-8H;3-6,8H,1H3;1H4;1H3;/q;-1;;-1;. The molecular weight excluding hydrogens is 331 g/mol. The van der Waals surface area contributed by atoms with Crippen LogP contribution in [0.2, 0.25) is 0 Å². The molecule has 0 saturated heterocycles. The molecule has 0 unspecified atom stereocenters. The minimum absolute atomic E-state index is 0. The third-order valence-electron chi connectivity index (χ3n) is 2.67. The second-order valence-electron chi connectivity index (χ2n) is 3.89. The Morgan fingerprint density at radius 1 is 0.762 bits per heavy atom. The van der Waals surface area contributed by atoms with Gasteiger partial charge in [0.2, 0.25) is 0 Å². The zero-order chi connectivity index (χ0) is 12.6. The minimum atomic E-state index is 0. The van der Waals surface area contributed by atoms with Gasteiger partial charge in [-0.3, -0.25) is 0 Å². The van der Waals surface area contributed by atoms with Crippen LogP contribution in [0.4, 0.5) is 5.69 Å². The topological polar surface area (TPSA) is 12.0 Å². The van der Waals surface area contributed by atoms with E-state index in [-0.39, 0.29) is 47.6 Å². The molecule has 0 aromatic heterocycles. The predicted octanol–water partition coefficient (Wildman–Crippen LogP) is 5.45. The van der Waals surface area contributed by atoms with Gasteiger partial charge in [-0.15, -0.1) is 12.1 Å². The van der Waals surface area contributed by atoms with Gasteiger partial charge in [-0.2, -0.15) is 18.2 Å². The van der Waals surface area contributed by atoms with Crippen LogP contribution in [0, 0.1) is 13.5 Å². The third kappa shape index (κ3) is 7.40. The van der Waals surface area contributed by atoms with Gasteiger partial charge in [-0.25, -0.2) is 0 Å². The van der Waals surface area contributed by atoms with Gasteiger partial charge in [0.1, 0.15) is 0 Å². The fourth-order valence-electron chi connectivity index (χ4n) is 1.69. The predicted molar refractivity (Wildman–Crippen MR) is 91.9 cm³/mol. The number of fused-ring (bicyclic) bond motifs is 1. The minimum Gasteiger partial charge on any atom is -0.409 e. The van der Waals surface area contributed by atoms with Gasteiger partial charge in [0.05, 0.1) is 0 Å². The fourth-order valence-corrected chi connectivity index (χ4v) is 1.69. The van der Waals surface area contributed by atoms with E-state index in [2.05, 4.69) is 59.9 Å². The van der Waals surface area contributed by atoms with Crippen molar-refractivity contribution in [2.24, 2.45) is 0 Å². The molecule has 0 aliphatic rings. The van der Waals surface area contributed by atoms with Crippen molar-refractivity contribution >= 4 is 16.5 Å². The second kappa shape index (κ2) is 12.6. The molecule has 0 amide bonds. The van der Waals surface area contributed by atoms with Gasteiger partial charge in [-0.1, -0.05) is 61.6 Å². The monoisotopic (exact) mass is 354 g/mol. The van der Waals surface area contributed by atoms with Crippen LogP contribution in [0.5, 0.6) is 0 Å². The number of nitrogens with one attached hydrogen (secondary N) is 1. The molecule has 1 nitrogen and oxygen atoms in total. The molecule has 0 saturated carbocycles. The van der Waals surface area contributed by atoms with E-state index in [9.17, 15) is 0 Å². The van der Waals surface area contributed by atoms with Gasteiger partial charge in [-0.05, 0) is 10.8 Å². The van der Waals surface area contributed by atoms with Crippen molar-refractivity contribution in [3.05, 3.63) is 86.3 Å². The molecule has 2 heteroatoms. The van der Waals surface area contributed by atoms with Crippen LogP contribution < -0.4 is 5.32 Å². The summed E-state index contributed by atoms with van der Waals surface area (Å²) < 4.78 is 0. The van der Waals surface area contributed by atoms with Crippen LogP contribution in [0.15, 0.2) is 72.8 Å². The second-order valence-corrected chi connectivity index (χ2v) is 3.89. The maximum Gasteiger partial charge on any atom is 0.00123 e. The van der Waals surface area contributed by atoms with Crippen molar-refractivity contribution < 1.29 is 32.7 Å². The van der Waals surface area contributed by atoms with E-state index >= 15 is 0 Å². The molecule has 0 bridgehead atoms. The summed E-state index contributed by atoms with van der Waals surface area (Å²) in [6.07, 6.45) is 0. The van der Waals surface area contributed by atoms with Gasteiger partial charge < -0.3 is 12.7 Å². The van der Waals surface area contributed by atoms with E-state index in [1.54, 1.807) is 0 Å². The van der Waals surface area contributed by atoms with Gasteiger partial charge in [0.15, 0.2) is 0 Å². The summed E-state index contributed by atoms with van der Waals surface area (Å²) in [5.74, 6) is 0. The molecule has 0 atom stereocenters. The first-order chi connectivity index (χ1) is 8.90. The van der Waals surface area contributed by atoms with E-state index in [1.165, 1.54) is 10.8 Å². The van der Waals surface area contributed by atoms with Crippen LogP contribution in [0.3, 0.4) is 0 Å². The van der Waals surface area contributed by atoms with Crippen molar-refractivity contribution in [3.8, 4) is 0 Å². The Morgan fingerprint density at radius 2 is 1.14 bits per heavy atom. The molecule has 3 aromatic rings. The first-order valence-electron chi connectivity index (χ1n) is 5.98. The SMILES string of the molecule is C.CNc1cc[c-]cc1.[CH3-].[Y].c1ccc2ccccc2c1. The maximum absolute atomic E-state index is 3.01. The van der Waals surface area contributed by atoms with Gasteiger partial charge in [0, 0.05) is 39.8 Å². The number of hydrogen-bond donors (Lipinski definition) is 1. The third-order valence-corrected chi connectivity index (χ3v) is 2.67. The maximum atomic E-state index is 3.01. The summed E-state index contributed by atoms with van der Waals surface area (Å²) in [5.41, 5.74) is 1.13. The molecule has 0 heterocycles. The van der Waals surface area contributed by atoms with E-state index in [0.717, 1.165) is 5.69 Å². The number of rotatable bonds is 1. The number of benzene rings is 3. The molecule has 1 N–H and O–H groups in total. The Morgan fingerprint density at radius 3 is 1.43 bits per heavy atom. The average Bonchev–Trinajstić information content (AvgIpc) is 2.49.